The minimum absolute atomic E-state index is 0.369. The first-order valence-corrected chi connectivity index (χ1v) is 10.1. The Balaban J connectivity index is 1.56. The lowest BCUT2D eigenvalue weighted by molar-refractivity contribution is -0.122. The molecule has 1 saturated carbocycles. The van der Waals surface area contributed by atoms with Gasteiger partial charge < -0.3 is 15.5 Å². The van der Waals surface area contributed by atoms with Gasteiger partial charge in [-0.15, -0.1) is 0 Å². The van der Waals surface area contributed by atoms with Crippen LogP contribution in [0.2, 0.25) is 0 Å². The van der Waals surface area contributed by atoms with E-state index in [0.717, 1.165) is 41.0 Å². The highest BCUT2D eigenvalue weighted by Crippen LogP contribution is 2.31. The van der Waals surface area contributed by atoms with Gasteiger partial charge in [0.2, 0.25) is 0 Å². The number of imidazole rings is 1. The second kappa shape index (κ2) is 8.89. The number of urea groups is 1. The quantitative estimate of drug-likeness (QED) is 0.421. The number of aromatic nitrogens is 2. The number of nitrogens with zero attached hydrogens (tertiary/aromatic N) is 3. The summed E-state index contributed by atoms with van der Waals surface area (Å²) in [5.74, 6) is 0.387. The van der Waals surface area contributed by atoms with Crippen LogP contribution < -0.4 is 10.6 Å². The molecule has 1 aliphatic carbocycles. The number of anilines is 1. The normalized spacial score (nSPS) is 14.8. The van der Waals surface area contributed by atoms with Crippen LogP contribution in [0.25, 0.3) is 16.9 Å². The molecule has 0 aliphatic heterocycles. The summed E-state index contributed by atoms with van der Waals surface area (Å²) < 4.78 is 38.7. The molecule has 4 rings (SSSR count). The van der Waals surface area contributed by atoms with Crippen molar-refractivity contribution in [3.05, 3.63) is 54.4 Å². The Kier molecular flexibility index (Phi) is 6.02. The Hall–Kier alpha value is -3.56. The van der Waals surface area contributed by atoms with Crippen LogP contribution in [0.4, 0.5) is 23.7 Å². The number of carbonyl (C=O) groups excluding carboxylic acids is 1. The molecule has 1 fully saturated rings. The van der Waals surface area contributed by atoms with Gasteiger partial charge in [-0.3, -0.25) is 4.40 Å². The van der Waals surface area contributed by atoms with Gasteiger partial charge in [-0.2, -0.15) is 13.2 Å². The van der Waals surface area contributed by atoms with Crippen LogP contribution in [-0.2, 0) is 4.84 Å². The Morgan fingerprint density at radius 2 is 2.09 bits per heavy atom. The Labute approximate surface area is 182 Å². The highest BCUT2D eigenvalue weighted by atomic mass is 19.4. The topological polar surface area (TPSA) is 80.0 Å². The number of carbonyl (C=O) groups is 1. The predicted molar refractivity (Wildman–Crippen MR) is 115 cm³/mol. The van der Waals surface area contributed by atoms with E-state index >= 15 is 0 Å². The second-order valence-electron chi connectivity index (χ2n) is 7.58. The van der Waals surface area contributed by atoms with E-state index in [-0.39, 0.29) is 0 Å². The predicted octanol–water partition coefficient (Wildman–Crippen LogP) is 4.84. The van der Waals surface area contributed by atoms with Crippen molar-refractivity contribution in [2.75, 3.05) is 19.0 Å². The number of fused-ring (bicyclic) bond motifs is 1. The molecular formula is C22H22F3N5O2. The molecule has 2 heterocycles. The zero-order valence-corrected chi connectivity index (χ0v) is 17.3. The molecule has 168 valence electrons. The molecule has 10 heteroatoms. The Bertz CT molecular complexity index is 1150. The van der Waals surface area contributed by atoms with E-state index in [4.69, 9.17) is 4.84 Å². The SMILES string of the molecule is CON=C(c1ccn2c(-c3cccc(NC(=O)NCC(F)(F)F)c3)cnc2c1)C1CCC1. The number of benzene rings is 1. The largest absolute Gasteiger partial charge is 0.405 e. The molecule has 32 heavy (non-hydrogen) atoms. The van der Waals surface area contributed by atoms with Gasteiger partial charge in [0, 0.05) is 28.9 Å². The summed E-state index contributed by atoms with van der Waals surface area (Å²) in [6, 6.07) is 9.81. The number of alkyl halides is 3. The van der Waals surface area contributed by atoms with Crippen molar-refractivity contribution in [3.8, 4) is 11.3 Å². The average molecular weight is 445 g/mol. The molecule has 2 amide bonds. The summed E-state index contributed by atoms with van der Waals surface area (Å²) in [6.07, 6.45) is 2.49. The van der Waals surface area contributed by atoms with Crippen molar-refractivity contribution in [1.82, 2.24) is 14.7 Å². The van der Waals surface area contributed by atoms with Crippen molar-refractivity contribution in [1.29, 1.82) is 0 Å². The number of hydrogen-bond acceptors (Lipinski definition) is 4. The number of pyridine rings is 1. The first-order valence-electron chi connectivity index (χ1n) is 10.1. The van der Waals surface area contributed by atoms with Crippen LogP contribution in [0.5, 0.6) is 0 Å². The number of nitrogens with one attached hydrogen (secondary N) is 2. The van der Waals surface area contributed by atoms with E-state index in [1.54, 1.807) is 29.7 Å². The first-order chi connectivity index (χ1) is 15.3. The molecule has 0 saturated heterocycles. The van der Waals surface area contributed by atoms with Gasteiger partial charge in [0.25, 0.3) is 0 Å². The summed E-state index contributed by atoms with van der Waals surface area (Å²) in [6.45, 7) is -1.40. The van der Waals surface area contributed by atoms with Crippen LogP contribution >= 0.6 is 0 Å². The molecule has 0 atom stereocenters. The van der Waals surface area contributed by atoms with Gasteiger partial charge >= 0.3 is 12.2 Å². The third-order valence-electron chi connectivity index (χ3n) is 5.36. The standard InChI is InChI=1S/C22H22F3N5O2/c1-32-29-20(14-4-2-5-14)16-8-9-30-18(12-26-19(30)11-16)15-6-3-7-17(10-15)28-21(31)27-13-22(23,24)25/h3,6-12,14H,2,4-5,13H2,1H3,(H2,27,28,31). The van der Waals surface area contributed by atoms with Crippen LogP contribution in [0.1, 0.15) is 24.8 Å². The molecule has 0 unspecified atom stereocenters. The van der Waals surface area contributed by atoms with Gasteiger partial charge in [0.15, 0.2) is 0 Å². The molecule has 1 aliphatic rings. The highest BCUT2D eigenvalue weighted by Gasteiger charge is 2.28. The highest BCUT2D eigenvalue weighted by molar-refractivity contribution is 6.03. The first kappa shape index (κ1) is 21.7. The minimum atomic E-state index is -4.47. The summed E-state index contributed by atoms with van der Waals surface area (Å²) in [7, 11) is 1.54. The molecular weight excluding hydrogens is 423 g/mol. The van der Waals surface area contributed by atoms with E-state index in [1.165, 1.54) is 13.5 Å². The number of oxime groups is 1. The maximum Gasteiger partial charge on any atom is 0.405 e. The van der Waals surface area contributed by atoms with Gasteiger partial charge in [0.05, 0.1) is 17.6 Å². The van der Waals surface area contributed by atoms with Crippen LogP contribution in [0, 0.1) is 5.92 Å². The average Bonchev–Trinajstić information content (AvgIpc) is 3.14. The zero-order valence-electron chi connectivity index (χ0n) is 17.3. The lowest BCUT2D eigenvalue weighted by atomic mass is 9.79. The van der Waals surface area contributed by atoms with Crippen molar-refractivity contribution >= 4 is 23.1 Å². The number of halogens is 3. The molecule has 3 aromatic rings. The fourth-order valence-electron chi connectivity index (χ4n) is 3.61. The molecule has 1 aromatic carbocycles. The lowest BCUT2D eigenvalue weighted by Gasteiger charge is -2.26. The van der Waals surface area contributed by atoms with Crippen molar-refractivity contribution in [3.63, 3.8) is 0 Å². The fourth-order valence-corrected chi connectivity index (χ4v) is 3.61. The van der Waals surface area contributed by atoms with E-state index < -0.39 is 18.8 Å². The summed E-state index contributed by atoms with van der Waals surface area (Å²) in [5.41, 5.74) is 4.50. The minimum Gasteiger partial charge on any atom is -0.399 e. The van der Waals surface area contributed by atoms with Crippen molar-refractivity contribution in [2.45, 2.75) is 25.4 Å². The van der Waals surface area contributed by atoms with Crippen molar-refractivity contribution in [2.24, 2.45) is 11.1 Å². The third kappa shape index (κ3) is 4.84. The summed E-state index contributed by atoms with van der Waals surface area (Å²) in [5, 5.41) is 8.43. The molecule has 2 aromatic heterocycles. The molecule has 2 N–H and O–H groups in total. The van der Waals surface area contributed by atoms with Gasteiger partial charge in [0.1, 0.15) is 19.3 Å². The monoisotopic (exact) mass is 445 g/mol. The van der Waals surface area contributed by atoms with E-state index in [2.05, 4.69) is 15.5 Å². The van der Waals surface area contributed by atoms with Crippen molar-refractivity contribution < 1.29 is 22.8 Å². The fraction of sp³-hybridized carbons (Fsp3) is 0.318. The Morgan fingerprint density at radius 1 is 1.28 bits per heavy atom. The number of rotatable bonds is 6. The maximum atomic E-state index is 12.3. The van der Waals surface area contributed by atoms with Crippen LogP contribution in [0.15, 0.2) is 53.9 Å². The maximum absolute atomic E-state index is 12.3. The van der Waals surface area contributed by atoms with Gasteiger partial charge in [-0.05, 0) is 37.1 Å². The third-order valence-corrected chi connectivity index (χ3v) is 5.36. The lowest BCUT2D eigenvalue weighted by Crippen LogP contribution is -2.36. The summed E-state index contributed by atoms with van der Waals surface area (Å²) >= 11 is 0. The van der Waals surface area contributed by atoms with E-state index in [9.17, 15) is 18.0 Å². The van der Waals surface area contributed by atoms with Gasteiger partial charge in [-0.25, -0.2) is 9.78 Å². The zero-order chi connectivity index (χ0) is 22.7. The molecule has 0 spiro atoms. The second-order valence-corrected chi connectivity index (χ2v) is 7.58. The molecule has 0 radical (unpaired) electrons. The van der Waals surface area contributed by atoms with Crippen LogP contribution in [-0.4, -0.2) is 41.0 Å². The van der Waals surface area contributed by atoms with E-state index in [0.29, 0.717) is 11.6 Å². The molecule has 7 nitrogen and oxygen atoms in total. The summed E-state index contributed by atoms with van der Waals surface area (Å²) in [4.78, 5) is 21.3. The molecule has 0 bridgehead atoms. The number of hydrogen-bond donors (Lipinski definition) is 2. The van der Waals surface area contributed by atoms with E-state index in [1.807, 2.05) is 28.8 Å². The Morgan fingerprint density at radius 3 is 2.78 bits per heavy atom. The van der Waals surface area contributed by atoms with Gasteiger partial charge in [-0.1, -0.05) is 23.7 Å². The van der Waals surface area contributed by atoms with Crippen LogP contribution in [0.3, 0.4) is 0 Å². The smallest absolute Gasteiger partial charge is 0.399 e. The number of amides is 2.